The molecule has 5 nitrogen and oxygen atoms in total. The molecule has 0 saturated carbocycles. The number of amides is 1. The summed E-state index contributed by atoms with van der Waals surface area (Å²) in [6, 6.07) is 9.69. The average Bonchev–Trinajstić information content (AvgIpc) is 2.57. The summed E-state index contributed by atoms with van der Waals surface area (Å²) in [5, 5.41) is 2.86. The van der Waals surface area contributed by atoms with Crippen molar-refractivity contribution in [2.24, 2.45) is 0 Å². The lowest BCUT2D eigenvalue weighted by atomic mass is 10.1. The molecule has 0 aliphatic heterocycles. The minimum Gasteiger partial charge on any atom is -0.352 e. The molecule has 0 saturated heterocycles. The lowest BCUT2D eigenvalue weighted by Crippen LogP contribution is -2.25. The number of sulfonamides is 1. The van der Waals surface area contributed by atoms with E-state index in [1.54, 1.807) is 12.1 Å². The summed E-state index contributed by atoms with van der Waals surface area (Å²) in [4.78, 5) is 12.2. The van der Waals surface area contributed by atoms with Crippen molar-refractivity contribution in [2.75, 3.05) is 11.3 Å². The van der Waals surface area contributed by atoms with Crippen LogP contribution in [0.15, 0.2) is 41.3 Å². The van der Waals surface area contributed by atoms with Gasteiger partial charge in [-0.1, -0.05) is 37.4 Å². The number of carbonyl (C=O) groups excluding carboxylic acids is 1. The lowest BCUT2D eigenvalue weighted by Gasteiger charge is -2.12. The van der Waals surface area contributed by atoms with E-state index < -0.39 is 10.0 Å². The van der Waals surface area contributed by atoms with Crippen LogP contribution < -0.4 is 10.0 Å². The molecule has 1 amide bonds. The molecule has 2 aromatic carbocycles. The minimum absolute atomic E-state index is 0.0643. The monoisotopic (exact) mass is 408 g/mol. The maximum Gasteiger partial charge on any atom is 0.263 e. The van der Waals surface area contributed by atoms with E-state index in [1.807, 2.05) is 19.9 Å². The first-order valence-electron chi connectivity index (χ1n) is 8.92. The first kappa shape index (κ1) is 21.3. The SMILES string of the molecule is CCCCCNC(=O)c1ccc(Cl)c(S(=O)(=O)Nc2cc(C)cc(C)c2)c1. The third-order valence-corrected chi connectivity index (χ3v) is 5.89. The van der Waals surface area contributed by atoms with Crippen LogP contribution >= 0.6 is 11.6 Å². The Labute approximate surface area is 166 Å². The molecule has 0 atom stereocenters. The van der Waals surface area contributed by atoms with Crippen LogP contribution in [-0.4, -0.2) is 20.9 Å². The van der Waals surface area contributed by atoms with Crippen LogP contribution in [0.5, 0.6) is 0 Å². The van der Waals surface area contributed by atoms with Gasteiger partial charge >= 0.3 is 0 Å². The average molecular weight is 409 g/mol. The molecular formula is C20H25ClN2O3S. The number of hydrogen-bond donors (Lipinski definition) is 2. The predicted molar refractivity (Wildman–Crippen MR) is 110 cm³/mol. The van der Waals surface area contributed by atoms with Crippen molar-refractivity contribution in [1.29, 1.82) is 0 Å². The summed E-state index contributed by atoms with van der Waals surface area (Å²) >= 11 is 6.11. The molecule has 2 aromatic rings. The van der Waals surface area contributed by atoms with E-state index in [-0.39, 0.29) is 21.4 Å². The van der Waals surface area contributed by atoms with Crippen molar-refractivity contribution in [3.05, 3.63) is 58.1 Å². The van der Waals surface area contributed by atoms with Crippen molar-refractivity contribution in [2.45, 2.75) is 44.9 Å². The minimum atomic E-state index is -3.92. The fourth-order valence-corrected chi connectivity index (χ4v) is 4.34. The van der Waals surface area contributed by atoms with E-state index in [9.17, 15) is 13.2 Å². The Morgan fingerprint density at radius 2 is 1.70 bits per heavy atom. The quantitative estimate of drug-likeness (QED) is 0.623. The van der Waals surface area contributed by atoms with Crippen LogP contribution in [0, 0.1) is 13.8 Å². The molecule has 27 heavy (non-hydrogen) atoms. The molecule has 146 valence electrons. The molecular weight excluding hydrogens is 384 g/mol. The highest BCUT2D eigenvalue weighted by Gasteiger charge is 2.20. The number of hydrogen-bond acceptors (Lipinski definition) is 3. The van der Waals surface area contributed by atoms with Crippen LogP contribution in [0.3, 0.4) is 0 Å². The van der Waals surface area contributed by atoms with E-state index in [1.165, 1.54) is 18.2 Å². The van der Waals surface area contributed by atoms with Gasteiger partial charge in [-0.15, -0.1) is 0 Å². The summed E-state index contributed by atoms with van der Waals surface area (Å²) in [5.41, 5.74) is 2.60. The first-order chi connectivity index (χ1) is 12.7. The van der Waals surface area contributed by atoms with Gasteiger partial charge in [0.15, 0.2) is 0 Å². The Morgan fingerprint density at radius 3 is 2.33 bits per heavy atom. The zero-order chi connectivity index (χ0) is 20.0. The van der Waals surface area contributed by atoms with Gasteiger partial charge in [0, 0.05) is 17.8 Å². The highest BCUT2D eigenvalue weighted by molar-refractivity contribution is 7.92. The van der Waals surface area contributed by atoms with Gasteiger partial charge in [0.1, 0.15) is 4.90 Å². The summed E-state index contributed by atoms with van der Waals surface area (Å²) in [6.45, 7) is 6.42. The van der Waals surface area contributed by atoms with Gasteiger partial charge in [0.2, 0.25) is 0 Å². The maximum absolute atomic E-state index is 12.8. The fraction of sp³-hybridized carbons (Fsp3) is 0.350. The standard InChI is InChI=1S/C20H25ClN2O3S/c1-4-5-6-9-22-20(24)16-7-8-18(21)19(13-16)27(25,26)23-17-11-14(2)10-15(3)12-17/h7-8,10-13,23H,4-6,9H2,1-3H3,(H,22,24). The molecule has 7 heteroatoms. The normalized spacial score (nSPS) is 11.3. The summed E-state index contributed by atoms with van der Waals surface area (Å²) in [5.74, 6) is -0.314. The van der Waals surface area contributed by atoms with Crippen molar-refractivity contribution < 1.29 is 13.2 Å². The molecule has 0 heterocycles. The van der Waals surface area contributed by atoms with E-state index in [0.717, 1.165) is 30.4 Å². The molecule has 0 spiro atoms. The Kier molecular flexibility index (Phi) is 7.27. The van der Waals surface area contributed by atoms with E-state index >= 15 is 0 Å². The van der Waals surface area contributed by atoms with Gasteiger partial charge in [0.05, 0.1) is 5.02 Å². The Morgan fingerprint density at radius 1 is 1.04 bits per heavy atom. The van der Waals surface area contributed by atoms with Gasteiger partial charge < -0.3 is 5.32 Å². The molecule has 0 aliphatic carbocycles. The number of halogens is 1. The van der Waals surface area contributed by atoms with Crippen LogP contribution in [-0.2, 0) is 10.0 Å². The van der Waals surface area contributed by atoms with Gasteiger partial charge in [-0.2, -0.15) is 0 Å². The number of nitrogens with one attached hydrogen (secondary N) is 2. The molecule has 2 N–H and O–H groups in total. The highest BCUT2D eigenvalue weighted by Crippen LogP contribution is 2.26. The molecule has 0 aliphatic rings. The van der Waals surface area contributed by atoms with Crippen LogP contribution in [0.1, 0.15) is 47.7 Å². The van der Waals surface area contributed by atoms with Crippen LogP contribution in [0.2, 0.25) is 5.02 Å². The molecule has 0 aromatic heterocycles. The molecule has 0 fully saturated rings. The number of anilines is 1. The maximum atomic E-state index is 12.8. The van der Waals surface area contributed by atoms with Crippen molar-refractivity contribution in [1.82, 2.24) is 5.32 Å². The summed E-state index contributed by atoms with van der Waals surface area (Å²) in [6.07, 6.45) is 2.97. The number of rotatable bonds is 8. The zero-order valence-corrected chi connectivity index (χ0v) is 17.4. The molecule has 0 bridgehead atoms. The summed E-state index contributed by atoms with van der Waals surface area (Å²) < 4.78 is 28.1. The second kappa shape index (κ2) is 9.24. The number of aryl methyl sites for hydroxylation is 2. The zero-order valence-electron chi connectivity index (χ0n) is 15.8. The molecule has 0 unspecified atom stereocenters. The van der Waals surface area contributed by atoms with Crippen molar-refractivity contribution in [3.8, 4) is 0 Å². The van der Waals surface area contributed by atoms with Crippen LogP contribution in [0.25, 0.3) is 0 Å². The Balaban J connectivity index is 2.24. The second-order valence-electron chi connectivity index (χ2n) is 6.59. The number of unbranched alkanes of at least 4 members (excludes halogenated alkanes) is 2. The highest BCUT2D eigenvalue weighted by atomic mass is 35.5. The Bertz CT molecular complexity index is 907. The van der Waals surface area contributed by atoms with Gasteiger partial charge in [0.25, 0.3) is 15.9 Å². The van der Waals surface area contributed by atoms with Crippen molar-refractivity contribution in [3.63, 3.8) is 0 Å². The third-order valence-electron chi connectivity index (χ3n) is 4.02. The van der Waals surface area contributed by atoms with Gasteiger partial charge in [-0.3, -0.25) is 9.52 Å². The molecule has 0 radical (unpaired) electrons. The van der Waals surface area contributed by atoms with Gasteiger partial charge in [-0.25, -0.2) is 8.42 Å². The summed E-state index contributed by atoms with van der Waals surface area (Å²) in [7, 11) is -3.92. The smallest absolute Gasteiger partial charge is 0.263 e. The van der Waals surface area contributed by atoms with Crippen molar-refractivity contribution >= 4 is 33.2 Å². The lowest BCUT2D eigenvalue weighted by molar-refractivity contribution is 0.0952. The van der Waals surface area contributed by atoms with Gasteiger partial charge in [-0.05, 0) is 61.7 Å². The Hall–Kier alpha value is -2.05. The number of benzene rings is 2. The topological polar surface area (TPSA) is 75.3 Å². The second-order valence-corrected chi connectivity index (χ2v) is 8.65. The van der Waals surface area contributed by atoms with E-state index in [2.05, 4.69) is 17.0 Å². The van der Waals surface area contributed by atoms with Crippen LogP contribution in [0.4, 0.5) is 5.69 Å². The third kappa shape index (κ3) is 5.97. The first-order valence-corrected chi connectivity index (χ1v) is 10.8. The number of carbonyl (C=O) groups is 1. The van der Waals surface area contributed by atoms with E-state index in [0.29, 0.717) is 12.2 Å². The fourth-order valence-electron chi connectivity index (χ4n) is 2.77. The van der Waals surface area contributed by atoms with E-state index in [4.69, 9.17) is 11.6 Å². The predicted octanol–water partition coefficient (Wildman–Crippen LogP) is 4.68. The largest absolute Gasteiger partial charge is 0.352 e. The molecule has 2 rings (SSSR count).